The fourth-order valence-corrected chi connectivity index (χ4v) is 2.04. The molecule has 0 aromatic rings. The Hall–Kier alpha value is 0.530. The number of aliphatic hydroxyl groups is 3. The van der Waals surface area contributed by atoms with Gasteiger partial charge in [0.1, 0.15) is 18.3 Å². The Kier molecular flexibility index (Phi) is 4.33. The van der Waals surface area contributed by atoms with Crippen LogP contribution >= 0.6 is 22.6 Å². The van der Waals surface area contributed by atoms with E-state index >= 15 is 0 Å². The molecule has 5 nitrogen and oxygen atoms in total. The van der Waals surface area contributed by atoms with E-state index in [0.717, 1.165) is 0 Å². The Labute approximate surface area is 89.8 Å². The second-order valence-electron chi connectivity index (χ2n) is 2.90. The van der Waals surface area contributed by atoms with Crippen LogP contribution in [0.25, 0.3) is 0 Å². The van der Waals surface area contributed by atoms with E-state index in [0.29, 0.717) is 4.43 Å². The number of aliphatic hydroxyl groups excluding tert-OH is 3. The van der Waals surface area contributed by atoms with Crippen molar-refractivity contribution in [3.05, 3.63) is 0 Å². The molecule has 1 aliphatic heterocycles. The zero-order chi connectivity index (χ0) is 10.0. The lowest BCUT2D eigenvalue weighted by Gasteiger charge is -2.39. The van der Waals surface area contributed by atoms with Crippen LogP contribution in [-0.2, 0) is 9.47 Å². The molecule has 13 heavy (non-hydrogen) atoms. The van der Waals surface area contributed by atoms with Crippen LogP contribution in [0.1, 0.15) is 0 Å². The molecule has 1 rings (SSSR count). The van der Waals surface area contributed by atoms with Crippen LogP contribution < -0.4 is 0 Å². The van der Waals surface area contributed by atoms with Gasteiger partial charge < -0.3 is 24.8 Å². The summed E-state index contributed by atoms with van der Waals surface area (Å²) in [7, 11) is 1.43. The average Bonchev–Trinajstić information content (AvgIpc) is 2.13. The summed E-state index contributed by atoms with van der Waals surface area (Å²) in [5, 5.41) is 27.9. The lowest BCUT2D eigenvalue weighted by Crippen LogP contribution is -2.58. The third-order valence-corrected chi connectivity index (χ3v) is 2.95. The molecule has 0 aromatic heterocycles. The number of rotatable bonds is 2. The Bertz CT molecular complexity index is 165. The van der Waals surface area contributed by atoms with Crippen molar-refractivity contribution in [1.29, 1.82) is 0 Å². The molecule has 0 spiro atoms. The second kappa shape index (κ2) is 4.85. The molecule has 0 unspecified atom stereocenters. The molecule has 1 aliphatic rings. The maximum atomic E-state index is 9.49. The van der Waals surface area contributed by atoms with Crippen molar-refractivity contribution < 1.29 is 24.8 Å². The van der Waals surface area contributed by atoms with Gasteiger partial charge >= 0.3 is 0 Å². The van der Waals surface area contributed by atoms with Gasteiger partial charge in [-0.3, -0.25) is 0 Å². The van der Waals surface area contributed by atoms with Crippen molar-refractivity contribution in [2.24, 2.45) is 0 Å². The highest BCUT2D eigenvalue weighted by Gasteiger charge is 2.43. The molecule has 1 saturated heterocycles. The van der Waals surface area contributed by atoms with E-state index in [1.807, 2.05) is 0 Å². The first kappa shape index (κ1) is 11.6. The summed E-state index contributed by atoms with van der Waals surface area (Å²) >= 11 is 2.06. The maximum Gasteiger partial charge on any atom is 0.183 e. The van der Waals surface area contributed by atoms with E-state index in [-0.39, 0.29) is 6.10 Å². The van der Waals surface area contributed by atoms with E-state index in [2.05, 4.69) is 22.6 Å². The number of hydrogen-bond donors (Lipinski definition) is 3. The van der Waals surface area contributed by atoms with Gasteiger partial charge in [-0.2, -0.15) is 0 Å². The summed E-state index contributed by atoms with van der Waals surface area (Å²) < 4.78 is 10.6. The van der Waals surface area contributed by atoms with Gasteiger partial charge in [-0.25, -0.2) is 0 Å². The van der Waals surface area contributed by atoms with Crippen LogP contribution in [0.2, 0.25) is 0 Å². The molecule has 0 radical (unpaired) electrons. The normalized spacial score (nSPS) is 46.4. The van der Waals surface area contributed by atoms with Gasteiger partial charge in [0.2, 0.25) is 0 Å². The van der Waals surface area contributed by atoms with E-state index in [1.54, 1.807) is 0 Å². The molecule has 6 heteroatoms. The summed E-state index contributed by atoms with van der Waals surface area (Å²) in [5.41, 5.74) is 0. The highest BCUT2D eigenvalue weighted by atomic mass is 127. The van der Waals surface area contributed by atoms with Gasteiger partial charge in [0.25, 0.3) is 0 Å². The molecule has 0 aromatic carbocycles. The molecule has 78 valence electrons. The first-order chi connectivity index (χ1) is 6.11. The second-order valence-corrected chi connectivity index (χ2v) is 3.78. The fraction of sp³-hybridized carbons (Fsp3) is 1.00. The molecule has 0 saturated carbocycles. The van der Waals surface area contributed by atoms with Crippen molar-refractivity contribution in [3.63, 3.8) is 0 Å². The quantitative estimate of drug-likeness (QED) is 0.445. The molecule has 1 heterocycles. The SMILES string of the molecule is CO[C@H]1[C@H](O)[C@H](O)[C@H](O)O[C@@H]1CI. The fourth-order valence-electron chi connectivity index (χ4n) is 1.34. The van der Waals surface area contributed by atoms with Crippen LogP contribution in [0, 0.1) is 0 Å². The molecule has 0 bridgehead atoms. The van der Waals surface area contributed by atoms with Crippen LogP contribution in [-0.4, -0.2) is 57.6 Å². The minimum atomic E-state index is -1.33. The number of halogens is 1. The minimum Gasteiger partial charge on any atom is -0.387 e. The van der Waals surface area contributed by atoms with Crippen molar-refractivity contribution in [2.45, 2.75) is 30.7 Å². The third-order valence-electron chi connectivity index (χ3n) is 2.08. The van der Waals surface area contributed by atoms with Crippen LogP contribution in [0.15, 0.2) is 0 Å². The maximum absolute atomic E-state index is 9.49. The third kappa shape index (κ3) is 2.31. The summed E-state index contributed by atoms with van der Waals surface area (Å²) in [4.78, 5) is 0. The van der Waals surface area contributed by atoms with Crippen LogP contribution in [0.5, 0.6) is 0 Å². The number of methoxy groups -OCH3 is 1. The molecular formula is C7H13IO5. The monoisotopic (exact) mass is 304 g/mol. The molecule has 0 aliphatic carbocycles. The molecular weight excluding hydrogens is 291 g/mol. The molecule has 0 amide bonds. The molecule has 5 atom stereocenters. The van der Waals surface area contributed by atoms with Gasteiger partial charge in [-0.15, -0.1) is 0 Å². The average molecular weight is 304 g/mol. The van der Waals surface area contributed by atoms with Crippen molar-refractivity contribution in [1.82, 2.24) is 0 Å². The van der Waals surface area contributed by atoms with Gasteiger partial charge in [0.15, 0.2) is 6.29 Å². The van der Waals surface area contributed by atoms with Crippen molar-refractivity contribution in [3.8, 4) is 0 Å². The summed E-state index contributed by atoms with van der Waals surface area (Å²) in [6.07, 6.45) is -4.71. The molecule has 1 fully saturated rings. The van der Waals surface area contributed by atoms with E-state index in [9.17, 15) is 15.3 Å². The number of hydrogen-bond acceptors (Lipinski definition) is 5. The van der Waals surface area contributed by atoms with Gasteiger partial charge in [-0.1, -0.05) is 22.6 Å². The Morgan fingerprint density at radius 1 is 1.31 bits per heavy atom. The summed E-state index contributed by atoms with van der Waals surface area (Å²) in [6, 6.07) is 0. The van der Waals surface area contributed by atoms with Gasteiger partial charge in [0, 0.05) is 11.5 Å². The van der Waals surface area contributed by atoms with Crippen LogP contribution in [0.3, 0.4) is 0 Å². The van der Waals surface area contributed by atoms with Gasteiger partial charge in [-0.05, 0) is 0 Å². The van der Waals surface area contributed by atoms with E-state index in [4.69, 9.17) is 9.47 Å². The molecule has 3 N–H and O–H groups in total. The minimum absolute atomic E-state index is 0.390. The lowest BCUT2D eigenvalue weighted by atomic mass is 10.00. The largest absolute Gasteiger partial charge is 0.387 e. The highest BCUT2D eigenvalue weighted by Crippen LogP contribution is 2.23. The van der Waals surface area contributed by atoms with E-state index < -0.39 is 24.6 Å². The smallest absolute Gasteiger partial charge is 0.183 e. The number of ether oxygens (including phenoxy) is 2. The van der Waals surface area contributed by atoms with Crippen LogP contribution in [0.4, 0.5) is 0 Å². The Morgan fingerprint density at radius 3 is 2.38 bits per heavy atom. The van der Waals surface area contributed by atoms with Crippen molar-refractivity contribution in [2.75, 3.05) is 11.5 Å². The van der Waals surface area contributed by atoms with E-state index in [1.165, 1.54) is 7.11 Å². The predicted octanol–water partition coefficient (Wildman–Crippen LogP) is -1.12. The van der Waals surface area contributed by atoms with Gasteiger partial charge in [0.05, 0.1) is 6.10 Å². The summed E-state index contributed by atoms with van der Waals surface area (Å²) in [6.45, 7) is 0. The number of alkyl halides is 1. The topological polar surface area (TPSA) is 79.2 Å². The first-order valence-electron chi connectivity index (χ1n) is 3.90. The summed E-state index contributed by atoms with van der Waals surface area (Å²) in [5.74, 6) is 0. The zero-order valence-electron chi connectivity index (χ0n) is 7.13. The Balaban J connectivity index is 2.69. The lowest BCUT2D eigenvalue weighted by molar-refractivity contribution is -0.280. The predicted molar refractivity (Wildman–Crippen MR) is 52.6 cm³/mol. The highest BCUT2D eigenvalue weighted by molar-refractivity contribution is 14.1. The van der Waals surface area contributed by atoms with Crippen molar-refractivity contribution >= 4 is 22.6 Å². The first-order valence-corrected chi connectivity index (χ1v) is 5.42. The zero-order valence-corrected chi connectivity index (χ0v) is 9.29. The Morgan fingerprint density at radius 2 is 1.92 bits per heavy atom. The standard InChI is InChI=1S/C7H13IO5/c1-12-6-3(2-8)13-7(11)5(10)4(6)9/h3-7,9-11H,2H2,1H3/t3-,4-,5+,6-,7-/m1/s1.